The molecule has 0 aliphatic heterocycles. The molecule has 0 aliphatic rings. The van der Waals surface area contributed by atoms with Crippen molar-refractivity contribution in [1.29, 1.82) is 0 Å². The number of phosphoric acid groups is 1. The molecule has 0 aliphatic carbocycles. The summed E-state index contributed by atoms with van der Waals surface area (Å²) in [5.41, 5.74) is 0. The number of esters is 1. The molecule has 9 heteroatoms. The van der Waals surface area contributed by atoms with E-state index in [9.17, 15) is 14.3 Å². The highest BCUT2D eigenvalue weighted by atomic mass is 31.2. The summed E-state index contributed by atoms with van der Waals surface area (Å²) in [6.07, 6.45) is 53.6. The molecule has 0 spiro atoms. The molecule has 2 atom stereocenters. The first kappa shape index (κ1) is 55.9. The fourth-order valence-corrected chi connectivity index (χ4v) is 6.67. The number of phosphoric ester groups is 1. The van der Waals surface area contributed by atoms with Gasteiger partial charge in [-0.15, -0.1) is 0 Å². The fraction of sp³-hybridized carbons (Fsp3) is 0.735. The summed E-state index contributed by atoms with van der Waals surface area (Å²) in [7, 11) is 1.64. The lowest BCUT2D eigenvalue weighted by atomic mass is 10.1. The van der Waals surface area contributed by atoms with Crippen molar-refractivity contribution in [3.05, 3.63) is 72.9 Å². The number of hydrogen-bond donors (Lipinski definition) is 1. The third-order valence-corrected chi connectivity index (χ3v) is 10.5. The number of allylic oxidation sites excluding steroid dienone is 12. The molecule has 0 aromatic carbocycles. The lowest BCUT2D eigenvalue weighted by Gasteiger charge is -2.24. The van der Waals surface area contributed by atoms with Crippen LogP contribution in [0.15, 0.2) is 72.9 Å². The van der Waals surface area contributed by atoms with Crippen LogP contribution in [0.2, 0.25) is 0 Å². The van der Waals surface area contributed by atoms with Crippen molar-refractivity contribution < 1.29 is 37.3 Å². The van der Waals surface area contributed by atoms with E-state index in [2.05, 4.69) is 86.8 Å². The molecular formula is C49H89NO7P+. The second kappa shape index (κ2) is 41.7. The van der Waals surface area contributed by atoms with Gasteiger partial charge in [-0.3, -0.25) is 13.8 Å². The first-order chi connectivity index (χ1) is 28.1. The van der Waals surface area contributed by atoms with Gasteiger partial charge in [-0.2, -0.15) is 0 Å². The van der Waals surface area contributed by atoms with Crippen LogP contribution in [0.3, 0.4) is 0 Å². The van der Waals surface area contributed by atoms with Gasteiger partial charge in [0, 0.05) is 13.0 Å². The van der Waals surface area contributed by atoms with Gasteiger partial charge in [0.25, 0.3) is 0 Å². The van der Waals surface area contributed by atoms with E-state index >= 15 is 0 Å². The second-order valence-corrected chi connectivity index (χ2v) is 17.9. The van der Waals surface area contributed by atoms with Crippen molar-refractivity contribution >= 4 is 13.8 Å². The maximum Gasteiger partial charge on any atom is 0.472 e. The molecule has 0 radical (unpaired) electrons. The van der Waals surface area contributed by atoms with Gasteiger partial charge in [-0.05, 0) is 83.5 Å². The fourth-order valence-electron chi connectivity index (χ4n) is 5.93. The van der Waals surface area contributed by atoms with Crippen LogP contribution in [0.4, 0.5) is 0 Å². The van der Waals surface area contributed by atoms with E-state index in [-0.39, 0.29) is 25.8 Å². The zero-order valence-corrected chi connectivity index (χ0v) is 38.9. The Balaban J connectivity index is 4.28. The van der Waals surface area contributed by atoms with Crippen LogP contribution in [0.5, 0.6) is 0 Å². The van der Waals surface area contributed by atoms with Crippen molar-refractivity contribution in [2.45, 2.75) is 180 Å². The summed E-state index contributed by atoms with van der Waals surface area (Å²) in [5.74, 6) is -0.331. The van der Waals surface area contributed by atoms with Gasteiger partial charge in [0.2, 0.25) is 0 Å². The second-order valence-electron chi connectivity index (χ2n) is 16.4. The van der Waals surface area contributed by atoms with Gasteiger partial charge in [0.15, 0.2) is 0 Å². The molecule has 0 heterocycles. The van der Waals surface area contributed by atoms with Crippen LogP contribution in [0.25, 0.3) is 0 Å². The summed E-state index contributed by atoms with van der Waals surface area (Å²) in [4.78, 5) is 22.9. The minimum atomic E-state index is -4.29. The summed E-state index contributed by atoms with van der Waals surface area (Å²) < 4.78 is 35.0. The van der Waals surface area contributed by atoms with E-state index in [4.69, 9.17) is 18.5 Å². The number of ether oxygens (including phenoxy) is 2. The SMILES string of the molecule is CC/C=C\C/C=C\C/C=C\C/C=C\CCCCCCCOCC(COP(=O)(O)OCC[N+](C)(C)C)OC(=O)CCCCCCCCC/C=C\C/C=C\CCCCCC. The maximum absolute atomic E-state index is 12.7. The third-order valence-electron chi connectivity index (χ3n) is 9.50. The topological polar surface area (TPSA) is 91.3 Å². The quantitative estimate of drug-likeness (QED) is 0.0215. The van der Waals surface area contributed by atoms with Crippen LogP contribution in [0.1, 0.15) is 174 Å². The Morgan fingerprint density at radius 1 is 0.552 bits per heavy atom. The molecule has 2 unspecified atom stereocenters. The molecule has 0 aromatic rings. The van der Waals surface area contributed by atoms with Gasteiger partial charge in [0.1, 0.15) is 19.3 Å². The lowest BCUT2D eigenvalue weighted by molar-refractivity contribution is -0.870. The van der Waals surface area contributed by atoms with Crippen LogP contribution >= 0.6 is 7.82 Å². The number of quaternary nitrogens is 1. The van der Waals surface area contributed by atoms with Crippen LogP contribution < -0.4 is 0 Å². The zero-order valence-electron chi connectivity index (χ0n) is 38.0. The number of hydrogen-bond acceptors (Lipinski definition) is 6. The summed E-state index contributed by atoms with van der Waals surface area (Å²) in [6.45, 7) is 5.43. The van der Waals surface area contributed by atoms with Crippen LogP contribution in [-0.2, 0) is 27.9 Å². The molecule has 0 fully saturated rings. The number of carbonyl (C=O) groups excluding carboxylic acids is 1. The van der Waals surface area contributed by atoms with Gasteiger partial charge in [0.05, 0.1) is 34.4 Å². The Morgan fingerprint density at radius 2 is 1.00 bits per heavy atom. The molecule has 0 saturated carbocycles. The van der Waals surface area contributed by atoms with E-state index in [1.54, 1.807) is 0 Å². The molecular weight excluding hydrogens is 746 g/mol. The Kier molecular flexibility index (Phi) is 40.2. The van der Waals surface area contributed by atoms with Crippen LogP contribution in [-0.4, -0.2) is 75.6 Å². The van der Waals surface area contributed by atoms with E-state index < -0.39 is 13.9 Å². The standard InChI is InChI=1S/C49H88NO7P/c1-6-8-10-12-14-16-18-20-22-24-26-28-30-32-34-36-38-40-42-49(51)57-48(47-56-58(52,53)55-45-43-50(3,4)5)46-54-44-41-39-37-35-33-31-29-27-25-23-21-19-17-15-13-11-9-7-2/h9,11,15-18,21-24,27,29,48H,6-8,10,12-14,19-20,25-26,28,30-47H2,1-5H3/p+1/b11-9-,17-15-,18-16-,23-21-,24-22-,29-27-. The van der Waals surface area contributed by atoms with Crippen molar-refractivity contribution in [3.8, 4) is 0 Å². The Bertz CT molecular complexity index is 1150. The molecule has 58 heavy (non-hydrogen) atoms. The summed E-state index contributed by atoms with van der Waals surface area (Å²) >= 11 is 0. The normalized spacial score (nSPS) is 14.4. The number of likely N-dealkylation sites (N-methyl/N-ethyl adjacent to an activating group) is 1. The first-order valence-corrected chi connectivity index (χ1v) is 24.7. The van der Waals surface area contributed by atoms with E-state index in [1.165, 1.54) is 70.6 Å². The average molecular weight is 835 g/mol. The Hall–Kier alpha value is -2.06. The third kappa shape index (κ3) is 45.0. The smallest absolute Gasteiger partial charge is 0.457 e. The number of rotatable bonds is 42. The Morgan fingerprint density at radius 3 is 1.50 bits per heavy atom. The predicted molar refractivity (Wildman–Crippen MR) is 247 cm³/mol. The number of carbonyl (C=O) groups is 1. The highest BCUT2D eigenvalue weighted by Gasteiger charge is 2.26. The van der Waals surface area contributed by atoms with Crippen LogP contribution in [0, 0.1) is 0 Å². The molecule has 0 bridgehead atoms. The van der Waals surface area contributed by atoms with E-state index in [1.807, 2.05) is 21.1 Å². The number of unbranched alkanes of at least 4 members (excludes halogenated alkanes) is 16. The van der Waals surface area contributed by atoms with Crippen molar-refractivity contribution in [2.24, 2.45) is 0 Å². The summed E-state index contributed by atoms with van der Waals surface area (Å²) in [6, 6.07) is 0. The highest BCUT2D eigenvalue weighted by Crippen LogP contribution is 2.43. The average Bonchev–Trinajstić information content (AvgIpc) is 3.18. The highest BCUT2D eigenvalue weighted by molar-refractivity contribution is 7.47. The first-order valence-electron chi connectivity index (χ1n) is 23.2. The minimum absolute atomic E-state index is 0.0793. The molecule has 0 amide bonds. The molecule has 336 valence electrons. The maximum atomic E-state index is 12.7. The van der Waals surface area contributed by atoms with Crippen molar-refractivity contribution in [2.75, 3.05) is 54.1 Å². The van der Waals surface area contributed by atoms with Crippen molar-refractivity contribution in [3.63, 3.8) is 0 Å². The lowest BCUT2D eigenvalue weighted by Crippen LogP contribution is -2.37. The van der Waals surface area contributed by atoms with Gasteiger partial charge in [-0.1, -0.05) is 157 Å². The van der Waals surface area contributed by atoms with Crippen molar-refractivity contribution in [1.82, 2.24) is 0 Å². The molecule has 0 rings (SSSR count). The number of nitrogens with zero attached hydrogens (tertiary/aromatic N) is 1. The molecule has 0 saturated heterocycles. The predicted octanol–water partition coefficient (Wildman–Crippen LogP) is 13.9. The molecule has 0 aromatic heterocycles. The minimum Gasteiger partial charge on any atom is -0.457 e. The van der Waals surface area contributed by atoms with Gasteiger partial charge >= 0.3 is 13.8 Å². The largest absolute Gasteiger partial charge is 0.472 e. The van der Waals surface area contributed by atoms with E-state index in [0.29, 0.717) is 24.1 Å². The van der Waals surface area contributed by atoms with E-state index in [0.717, 1.165) is 83.5 Å². The monoisotopic (exact) mass is 835 g/mol. The van der Waals surface area contributed by atoms with Gasteiger partial charge < -0.3 is 18.9 Å². The summed E-state index contributed by atoms with van der Waals surface area (Å²) in [5, 5.41) is 0. The molecule has 1 N–H and O–H groups in total. The Labute approximate surface area is 357 Å². The van der Waals surface area contributed by atoms with Gasteiger partial charge in [-0.25, -0.2) is 4.57 Å². The zero-order chi connectivity index (χ0) is 42.7. The molecule has 8 nitrogen and oxygen atoms in total.